The van der Waals surface area contributed by atoms with Crippen LogP contribution in [0.25, 0.3) is 0 Å². The summed E-state index contributed by atoms with van der Waals surface area (Å²) < 4.78 is 7.55. The number of likely N-dealkylation sites (tertiary alicyclic amines) is 1. The first-order chi connectivity index (χ1) is 11.1. The summed E-state index contributed by atoms with van der Waals surface area (Å²) in [6.07, 6.45) is 4.55. The summed E-state index contributed by atoms with van der Waals surface area (Å²) in [5.41, 5.74) is 1.71. The number of halogens is 1. The molecule has 0 spiro atoms. The Morgan fingerprint density at radius 2 is 1.91 bits per heavy atom. The molecule has 23 heavy (non-hydrogen) atoms. The topological polar surface area (TPSA) is 51.3 Å². The predicted molar refractivity (Wildman–Crippen MR) is 88.9 cm³/mol. The van der Waals surface area contributed by atoms with Crippen molar-refractivity contribution in [3.8, 4) is 0 Å². The number of rotatable bonds is 3. The van der Waals surface area contributed by atoms with Gasteiger partial charge in [0.1, 0.15) is 5.76 Å². The maximum atomic E-state index is 12.5. The van der Waals surface area contributed by atoms with Gasteiger partial charge in [0.15, 0.2) is 5.76 Å². The summed E-state index contributed by atoms with van der Waals surface area (Å²) in [4.78, 5) is 14.4. The van der Waals surface area contributed by atoms with Gasteiger partial charge in [0.05, 0.1) is 23.0 Å². The van der Waals surface area contributed by atoms with Crippen molar-refractivity contribution in [2.75, 3.05) is 13.1 Å². The molecule has 1 amide bonds. The number of furan rings is 1. The molecule has 0 radical (unpaired) electrons. The number of carbonyl (C=O) groups is 1. The van der Waals surface area contributed by atoms with Crippen molar-refractivity contribution in [1.82, 2.24) is 14.7 Å². The Morgan fingerprint density at radius 1 is 1.22 bits per heavy atom. The molecule has 0 aliphatic carbocycles. The highest BCUT2D eigenvalue weighted by Crippen LogP contribution is 2.21. The van der Waals surface area contributed by atoms with E-state index in [2.05, 4.69) is 5.10 Å². The fourth-order valence-electron chi connectivity index (χ4n) is 2.98. The highest BCUT2D eigenvalue weighted by Gasteiger charge is 2.20. The number of aryl methyl sites for hydroxylation is 1. The van der Waals surface area contributed by atoms with Gasteiger partial charge in [-0.15, -0.1) is 0 Å². The molecular weight excluding hydrogens is 314 g/mol. The SMILES string of the molecule is Cc1nn(Cc2ccc(C(=O)N3CCCCCC3)o2)c(C)c1Cl. The highest BCUT2D eigenvalue weighted by molar-refractivity contribution is 6.31. The van der Waals surface area contributed by atoms with E-state index in [0.29, 0.717) is 23.1 Å². The zero-order valence-electron chi connectivity index (χ0n) is 13.6. The van der Waals surface area contributed by atoms with E-state index in [9.17, 15) is 4.79 Å². The molecule has 0 aromatic carbocycles. The maximum absolute atomic E-state index is 12.5. The fourth-order valence-corrected chi connectivity index (χ4v) is 3.12. The van der Waals surface area contributed by atoms with Crippen molar-refractivity contribution in [3.63, 3.8) is 0 Å². The normalized spacial score (nSPS) is 15.7. The summed E-state index contributed by atoms with van der Waals surface area (Å²) in [7, 11) is 0. The van der Waals surface area contributed by atoms with Crippen LogP contribution in [0.1, 0.15) is 53.4 Å². The van der Waals surface area contributed by atoms with Crippen LogP contribution in [0.2, 0.25) is 5.02 Å². The smallest absolute Gasteiger partial charge is 0.289 e. The molecule has 1 saturated heterocycles. The molecule has 3 heterocycles. The Kier molecular flexibility index (Phi) is 4.76. The van der Waals surface area contributed by atoms with Crippen molar-refractivity contribution < 1.29 is 9.21 Å². The molecule has 3 rings (SSSR count). The monoisotopic (exact) mass is 335 g/mol. The summed E-state index contributed by atoms with van der Waals surface area (Å²) >= 11 is 6.16. The third kappa shape index (κ3) is 3.44. The van der Waals surface area contributed by atoms with Crippen LogP contribution in [-0.2, 0) is 6.54 Å². The van der Waals surface area contributed by atoms with Gasteiger partial charge in [0.25, 0.3) is 5.91 Å². The minimum atomic E-state index is -0.00968. The molecule has 5 nitrogen and oxygen atoms in total. The molecule has 2 aromatic heterocycles. The molecule has 0 atom stereocenters. The van der Waals surface area contributed by atoms with Crippen LogP contribution in [0.15, 0.2) is 16.5 Å². The first kappa shape index (κ1) is 16.1. The molecule has 2 aromatic rings. The van der Waals surface area contributed by atoms with Gasteiger partial charge in [0, 0.05) is 13.1 Å². The van der Waals surface area contributed by atoms with Crippen molar-refractivity contribution in [2.24, 2.45) is 0 Å². The zero-order valence-corrected chi connectivity index (χ0v) is 14.4. The van der Waals surface area contributed by atoms with Gasteiger partial charge in [-0.3, -0.25) is 9.48 Å². The van der Waals surface area contributed by atoms with Gasteiger partial charge in [-0.25, -0.2) is 0 Å². The molecular formula is C17H22ClN3O2. The lowest BCUT2D eigenvalue weighted by molar-refractivity contribution is 0.0727. The number of hydrogen-bond acceptors (Lipinski definition) is 3. The van der Waals surface area contributed by atoms with E-state index in [-0.39, 0.29) is 5.91 Å². The second kappa shape index (κ2) is 6.79. The number of hydrogen-bond donors (Lipinski definition) is 0. The minimum Gasteiger partial charge on any atom is -0.454 e. The quantitative estimate of drug-likeness (QED) is 0.857. The summed E-state index contributed by atoms with van der Waals surface area (Å²) in [5, 5.41) is 5.07. The molecule has 124 valence electrons. The minimum absolute atomic E-state index is 0.00968. The molecule has 0 unspecified atom stereocenters. The van der Waals surface area contributed by atoms with Gasteiger partial charge >= 0.3 is 0 Å². The van der Waals surface area contributed by atoms with Crippen LogP contribution in [-0.4, -0.2) is 33.7 Å². The van der Waals surface area contributed by atoms with Crippen LogP contribution in [0.3, 0.4) is 0 Å². The van der Waals surface area contributed by atoms with E-state index >= 15 is 0 Å². The van der Waals surface area contributed by atoms with E-state index in [1.54, 1.807) is 10.7 Å². The summed E-state index contributed by atoms with van der Waals surface area (Å²) in [5.74, 6) is 1.12. The van der Waals surface area contributed by atoms with Crippen LogP contribution in [0.5, 0.6) is 0 Å². The third-order valence-electron chi connectivity index (χ3n) is 4.36. The Hall–Kier alpha value is -1.75. The molecule has 1 aliphatic rings. The Bertz CT molecular complexity index is 697. The second-order valence-electron chi connectivity index (χ2n) is 6.11. The van der Waals surface area contributed by atoms with E-state index in [0.717, 1.165) is 37.3 Å². The van der Waals surface area contributed by atoms with Crippen molar-refractivity contribution >= 4 is 17.5 Å². The number of amides is 1. The average Bonchev–Trinajstić information content (AvgIpc) is 2.96. The Labute approximate surface area is 141 Å². The largest absolute Gasteiger partial charge is 0.454 e. The predicted octanol–water partition coefficient (Wildman–Crippen LogP) is 3.81. The first-order valence-corrected chi connectivity index (χ1v) is 8.51. The van der Waals surface area contributed by atoms with Gasteiger partial charge in [-0.05, 0) is 38.8 Å². The molecule has 6 heteroatoms. The third-order valence-corrected chi connectivity index (χ3v) is 4.91. The molecule has 0 saturated carbocycles. The lowest BCUT2D eigenvalue weighted by Crippen LogP contribution is -2.31. The van der Waals surface area contributed by atoms with Crippen molar-refractivity contribution in [2.45, 2.75) is 46.1 Å². The van der Waals surface area contributed by atoms with Crippen LogP contribution in [0, 0.1) is 13.8 Å². The highest BCUT2D eigenvalue weighted by atomic mass is 35.5. The summed E-state index contributed by atoms with van der Waals surface area (Å²) in [6, 6.07) is 3.60. The number of aromatic nitrogens is 2. The van der Waals surface area contributed by atoms with Crippen molar-refractivity contribution in [1.29, 1.82) is 0 Å². The standard InChI is InChI=1S/C17H22ClN3O2/c1-12-16(18)13(2)21(19-12)11-14-7-8-15(23-14)17(22)20-9-5-3-4-6-10-20/h7-8H,3-6,9-11H2,1-2H3. The van der Waals surface area contributed by atoms with Crippen molar-refractivity contribution in [3.05, 3.63) is 40.1 Å². The van der Waals surface area contributed by atoms with E-state index in [4.69, 9.17) is 16.0 Å². The maximum Gasteiger partial charge on any atom is 0.289 e. The molecule has 1 fully saturated rings. The first-order valence-electron chi connectivity index (χ1n) is 8.14. The van der Waals surface area contributed by atoms with E-state index < -0.39 is 0 Å². The average molecular weight is 336 g/mol. The second-order valence-corrected chi connectivity index (χ2v) is 6.49. The number of carbonyl (C=O) groups excluding carboxylic acids is 1. The summed E-state index contributed by atoms with van der Waals surface area (Å²) in [6.45, 7) is 5.92. The molecule has 1 aliphatic heterocycles. The molecule has 0 bridgehead atoms. The van der Waals surface area contributed by atoms with Gasteiger partial charge in [-0.1, -0.05) is 24.4 Å². The Balaban J connectivity index is 1.72. The van der Waals surface area contributed by atoms with E-state index in [1.165, 1.54) is 12.8 Å². The lowest BCUT2D eigenvalue weighted by atomic mass is 10.2. The Morgan fingerprint density at radius 3 is 2.52 bits per heavy atom. The van der Waals surface area contributed by atoms with Crippen LogP contribution < -0.4 is 0 Å². The molecule has 0 N–H and O–H groups in total. The number of nitrogens with zero attached hydrogens (tertiary/aromatic N) is 3. The van der Waals surface area contributed by atoms with Crippen LogP contribution >= 0.6 is 11.6 Å². The lowest BCUT2D eigenvalue weighted by Gasteiger charge is -2.18. The fraction of sp³-hybridized carbons (Fsp3) is 0.529. The van der Waals surface area contributed by atoms with Gasteiger partial charge in [-0.2, -0.15) is 5.10 Å². The van der Waals surface area contributed by atoms with Gasteiger partial charge < -0.3 is 9.32 Å². The zero-order chi connectivity index (χ0) is 16.4. The van der Waals surface area contributed by atoms with Gasteiger partial charge in [0.2, 0.25) is 0 Å². The van der Waals surface area contributed by atoms with Crippen LogP contribution in [0.4, 0.5) is 0 Å². The van der Waals surface area contributed by atoms with E-state index in [1.807, 2.05) is 24.8 Å².